The van der Waals surface area contributed by atoms with Gasteiger partial charge in [0.2, 0.25) is 0 Å². The molecule has 0 N–H and O–H groups in total. The maximum atomic E-state index is 10.3. The lowest BCUT2D eigenvalue weighted by Crippen LogP contribution is -2.53. The molecule has 14 heavy (non-hydrogen) atoms. The Morgan fingerprint density at radius 1 is 0.857 bits per heavy atom. The Hall–Kier alpha value is -0.450. The van der Waals surface area contributed by atoms with Gasteiger partial charge in [-0.05, 0) is 12.8 Å². The fourth-order valence-electron chi connectivity index (χ4n) is 2.29. The Morgan fingerprint density at radius 2 is 1.43 bits per heavy atom. The van der Waals surface area contributed by atoms with Gasteiger partial charge in [-0.3, -0.25) is 4.90 Å². The van der Waals surface area contributed by atoms with Gasteiger partial charge in [0, 0.05) is 39.3 Å². The maximum Gasteiger partial charge on any atom is 0.133 e. The van der Waals surface area contributed by atoms with E-state index in [1.54, 1.807) is 0 Å². The van der Waals surface area contributed by atoms with E-state index in [-0.39, 0.29) is 0 Å². The van der Waals surface area contributed by atoms with E-state index in [1.807, 2.05) is 0 Å². The molecule has 0 spiro atoms. The van der Waals surface area contributed by atoms with E-state index < -0.39 is 0 Å². The van der Waals surface area contributed by atoms with Crippen molar-refractivity contribution >= 4 is 6.29 Å². The van der Waals surface area contributed by atoms with Gasteiger partial charge in [-0.2, -0.15) is 0 Å². The summed E-state index contributed by atoms with van der Waals surface area (Å²) in [4.78, 5) is 12.6. The van der Waals surface area contributed by atoms with Crippen molar-refractivity contribution in [2.75, 3.05) is 45.8 Å². The lowest BCUT2D eigenvalue weighted by atomic mass is 10.3. The van der Waals surface area contributed by atoms with Crippen LogP contribution in [-0.2, 0) is 4.79 Å². The normalized spacial score (nSPS) is 26.9. The molecule has 2 saturated heterocycles. The number of carbonyl (C=O) groups excluding carboxylic acids is 1. The molecule has 2 rings (SSSR count). The lowest BCUT2D eigenvalue weighted by molar-refractivity contribution is -0.110. The summed E-state index contributed by atoms with van der Waals surface area (Å²) in [6.45, 7) is 7.32. The standard InChI is InChI=1S/C10H19N3O/c14-10-9-11-5-7-13(8-6-11)12-3-1-2-4-12/h10H,1-9H2. The molecule has 0 aromatic heterocycles. The van der Waals surface area contributed by atoms with Crippen molar-refractivity contribution in [1.29, 1.82) is 0 Å². The van der Waals surface area contributed by atoms with E-state index in [9.17, 15) is 4.79 Å². The molecule has 2 heterocycles. The minimum atomic E-state index is 0.605. The Morgan fingerprint density at radius 3 is 2.00 bits per heavy atom. The molecule has 0 unspecified atom stereocenters. The van der Waals surface area contributed by atoms with Crippen molar-refractivity contribution in [2.45, 2.75) is 12.8 Å². The van der Waals surface area contributed by atoms with Crippen LogP contribution < -0.4 is 0 Å². The van der Waals surface area contributed by atoms with E-state index in [1.165, 1.54) is 25.9 Å². The van der Waals surface area contributed by atoms with Crippen LogP contribution in [0.2, 0.25) is 0 Å². The van der Waals surface area contributed by atoms with E-state index in [0.29, 0.717) is 6.54 Å². The second-order valence-corrected chi connectivity index (χ2v) is 4.08. The topological polar surface area (TPSA) is 26.8 Å². The van der Waals surface area contributed by atoms with Crippen LogP contribution in [0.4, 0.5) is 0 Å². The number of carbonyl (C=O) groups is 1. The third kappa shape index (κ3) is 2.32. The summed E-state index contributed by atoms with van der Waals surface area (Å²) in [5, 5.41) is 4.92. The third-order valence-corrected chi connectivity index (χ3v) is 3.16. The molecule has 2 fully saturated rings. The quantitative estimate of drug-likeness (QED) is 0.586. The monoisotopic (exact) mass is 197 g/mol. The van der Waals surface area contributed by atoms with Crippen molar-refractivity contribution in [3.05, 3.63) is 0 Å². The average Bonchev–Trinajstić information content (AvgIpc) is 2.72. The predicted molar refractivity (Wildman–Crippen MR) is 54.9 cm³/mol. The maximum absolute atomic E-state index is 10.3. The molecular weight excluding hydrogens is 178 g/mol. The lowest BCUT2D eigenvalue weighted by Gasteiger charge is -2.38. The van der Waals surface area contributed by atoms with Crippen LogP contribution >= 0.6 is 0 Å². The van der Waals surface area contributed by atoms with Crippen LogP contribution in [0.5, 0.6) is 0 Å². The minimum absolute atomic E-state index is 0.605. The minimum Gasteiger partial charge on any atom is -0.302 e. The summed E-state index contributed by atoms with van der Waals surface area (Å²) in [6.07, 6.45) is 3.69. The van der Waals surface area contributed by atoms with E-state index >= 15 is 0 Å². The van der Waals surface area contributed by atoms with E-state index in [2.05, 4.69) is 14.9 Å². The zero-order chi connectivity index (χ0) is 9.80. The van der Waals surface area contributed by atoms with Gasteiger partial charge in [0.1, 0.15) is 6.29 Å². The SMILES string of the molecule is O=CCN1CCN(N2CCCC2)CC1. The number of nitrogens with zero attached hydrogens (tertiary/aromatic N) is 3. The van der Waals surface area contributed by atoms with Crippen LogP contribution in [0.3, 0.4) is 0 Å². The first-order chi connectivity index (χ1) is 6.90. The van der Waals surface area contributed by atoms with Crippen molar-refractivity contribution in [1.82, 2.24) is 14.9 Å². The first kappa shape index (κ1) is 10.1. The number of aldehydes is 1. The Balaban J connectivity index is 1.74. The fraction of sp³-hybridized carbons (Fsp3) is 0.900. The van der Waals surface area contributed by atoms with Crippen LogP contribution in [0.1, 0.15) is 12.8 Å². The number of hydrogen-bond donors (Lipinski definition) is 0. The van der Waals surface area contributed by atoms with Crippen molar-refractivity contribution in [3.63, 3.8) is 0 Å². The molecular formula is C10H19N3O. The second kappa shape index (κ2) is 4.87. The second-order valence-electron chi connectivity index (χ2n) is 4.08. The van der Waals surface area contributed by atoms with Crippen LogP contribution in [0, 0.1) is 0 Å². The number of hydrazine groups is 1. The highest BCUT2D eigenvalue weighted by Crippen LogP contribution is 2.12. The fourth-order valence-corrected chi connectivity index (χ4v) is 2.29. The number of hydrogen-bond acceptors (Lipinski definition) is 4. The molecule has 0 aliphatic carbocycles. The van der Waals surface area contributed by atoms with Gasteiger partial charge in [0.25, 0.3) is 0 Å². The Bertz CT molecular complexity index is 184. The van der Waals surface area contributed by atoms with Gasteiger partial charge >= 0.3 is 0 Å². The molecule has 0 radical (unpaired) electrons. The first-order valence-electron chi connectivity index (χ1n) is 5.56. The summed E-state index contributed by atoms with van der Waals surface area (Å²) >= 11 is 0. The summed E-state index contributed by atoms with van der Waals surface area (Å²) < 4.78 is 0. The Labute approximate surface area is 85.4 Å². The molecule has 4 nitrogen and oxygen atoms in total. The molecule has 2 aliphatic heterocycles. The summed E-state index contributed by atoms with van der Waals surface area (Å²) in [7, 11) is 0. The first-order valence-corrected chi connectivity index (χ1v) is 5.56. The highest BCUT2D eigenvalue weighted by molar-refractivity contribution is 5.51. The molecule has 2 aliphatic rings. The van der Waals surface area contributed by atoms with Gasteiger partial charge in [-0.15, -0.1) is 0 Å². The average molecular weight is 197 g/mol. The summed E-state index contributed by atoms with van der Waals surface area (Å²) in [5.41, 5.74) is 0. The van der Waals surface area contributed by atoms with E-state index in [0.717, 1.165) is 32.5 Å². The molecule has 4 heteroatoms. The predicted octanol–water partition coefficient (Wildman–Crippen LogP) is -0.186. The van der Waals surface area contributed by atoms with Crippen LogP contribution in [-0.4, -0.2) is 67.0 Å². The molecule has 0 aromatic carbocycles. The van der Waals surface area contributed by atoms with Gasteiger partial charge in [-0.25, -0.2) is 10.0 Å². The zero-order valence-corrected chi connectivity index (χ0v) is 8.69. The third-order valence-electron chi connectivity index (χ3n) is 3.16. The van der Waals surface area contributed by atoms with Gasteiger partial charge in [-0.1, -0.05) is 0 Å². The number of rotatable bonds is 3. The molecule has 80 valence electrons. The van der Waals surface area contributed by atoms with Crippen molar-refractivity contribution < 1.29 is 4.79 Å². The highest BCUT2D eigenvalue weighted by Gasteiger charge is 2.23. The highest BCUT2D eigenvalue weighted by atomic mass is 16.1. The number of piperazine rings is 1. The summed E-state index contributed by atoms with van der Waals surface area (Å²) in [6, 6.07) is 0. The molecule has 0 saturated carbocycles. The molecule has 0 bridgehead atoms. The van der Waals surface area contributed by atoms with Crippen LogP contribution in [0.25, 0.3) is 0 Å². The van der Waals surface area contributed by atoms with E-state index in [4.69, 9.17) is 0 Å². The summed E-state index contributed by atoms with van der Waals surface area (Å²) in [5.74, 6) is 0. The Kier molecular flexibility index (Phi) is 3.50. The zero-order valence-electron chi connectivity index (χ0n) is 8.69. The molecule has 0 aromatic rings. The smallest absolute Gasteiger partial charge is 0.133 e. The van der Waals surface area contributed by atoms with Gasteiger partial charge < -0.3 is 4.79 Å². The van der Waals surface area contributed by atoms with Gasteiger partial charge in [0.05, 0.1) is 6.54 Å². The molecule has 0 atom stereocenters. The largest absolute Gasteiger partial charge is 0.302 e. The molecule has 0 amide bonds. The van der Waals surface area contributed by atoms with Crippen LogP contribution in [0.15, 0.2) is 0 Å². The van der Waals surface area contributed by atoms with Gasteiger partial charge in [0.15, 0.2) is 0 Å². The van der Waals surface area contributed by atoms with Crippen molar-refractivity contribution in [2.24, 2.45) is 0 Å². The van der Waals surface area contributed by atoms with Crippen molar-refractivity contribution in [3.8, 4) is 0 Å².